The standard InChI is InChI=1S/C3H4BO3/c1-7-3(6)4-2-5/h2H,1H3. The monoisotopic (exact) mass is 99.0 g/mol. The van der Waals surface area contributed by atoms with E-state index in [4.69, 9.17) is 0 Å². The highest BCUT2D eigenvalue weighted by Crippen LogP contribution is 1.67. The highest BCUT2D eigenvalue weighted by atomic mass is 16.5. The summed E-state index contributed by atoms with van der Waals surface area (Å²) in [7, 11) is 2.02. The van der Waals surface area contributed by atoms with Crippen LogP contribution in [0.2, 0.25) is 0 Å². The van der Waals surface area contributed by atoms with Crippen LogP contribution >= 0.6 is 0 Å². The topological polar surface area (TPSA) is 43.4 Å². The maximum atomic E-state index is 9.90. The molecular formula is C3H4BO3. The van der Waals surface area contributed by atoms with E-state index in [0.717, 1.165) is 7.28 Å². The van der Waals surface area contributed by atoms with Crippen LogP contribution in [0.3, 0.4) is 0 Å². The Hall–Kier alpha value is -0.795. The summed E-state index contributed by atoms with van der Waals surface area (Å²) in [5, 5.41) is 0. The Bertz CT molecular complexity index is 80.2. The molecule has 0 fully saturated rings. The first kappa shape index (κ1) is 6.20. The first-order valence-electron chi connectivity index (χ1n) is 1.67. The van der Waals surface area contributed by atoms with Crippen molar-refractivity contribution in [2.24, 2.45) is 0 Å². The van der Waals surface area contributed by atoms with Gasteiger partial charge in [-0.2, -0.15) is 0 Å². The van der Waals surface area contributed by atoms with Crippen molar-refractivity contribution in [1.29, 1.82) is 0 Å². The van der Waals surface area contributed by atoms with Gasteiger partial charge >= 0.3 is 7.28 Å². The van der Waals surface area contributed by atoms with Crippen LogP contribution in [0.25, 0.3) is 0 Å². The largest absolute Gasteiger partial charge is 0.477 e. The summed E-state index contributed by atoms with van der Waals surface area (Å²) in [6.07, 6.45) is 0.381. The van der Waals surface area contributed by atoms with Gasteiger partial charge in [0.1, 0.15) is 0 Å². The van der Waals surface area contributed by atoms with Crippen LogP contribution in [-0.2, 0) is 9.53 Å². The zero-order valence-corrected chi connectivity index (χ0v) is 3.88. The number of rotatable bonds is 2. The second-order valence-corrected chi connectivity index (χ2v) is 0.826. The fourth-order valence-corrected chi connectivity index (χ4v) is 0.124. The fraction of sp³-hybridized carbons (Fsp3) is 0.333. The third-order valence-electron chi connectivity index (χ3n) is 0.405. The molecule has 0 unspecified atom stereocenters. The van der Waals surface area contributed by atoms with Crippen LogP contribution < -0.4 is 0 Å². The molecule has 0 rings (SSSR count). The van der Waals surface area contributed by atoms with Gasteiger partial charge in [0.2, 0.25) is 0 Å². The van der Waals surface area contributed by atoms with Gasteiger partial charge in [-0.1, -0.05) is 0 Å². The number of carbonyl (C=O) groups is 2. The first-order chi connectivity index (χ1) is 3.31. The third kappa shape index (κ3) is 3.02. The zero-order chi connectivity index (χ0) is 5.70. The first-order valence-corrected chi connectivity index (χ1v) is 1.67. The van der Waals surface area contributed by atoms with Crippen molar-refractivity contribution in [2.75, 3.05) is 7.11 Å². The summed E-state index contributed by atoms with van der Waals surface area (Å²) in [5.41, 5.74) is 0. The Kier molecular flexibility index (Phi) is 3.01. The SMILES string of the molecule is COC(=O)[B]C=O. The van der Waals surface area contributed by atoms with E-state index in [1.165, 1.54) is 7.11 Å². The molecule has 7 heavy (non-hydrogen) atoms. The predicted octanol–water partition coefficient (Wildman–Crippen LogP) is -0.353. The molecule has 1 radical (unpaired) electrons. The number of methoxy groups -OCH3 is 1. The minimum atomic E-state index is -0.616. The number of ether oxygens (including phenoxy) is 1. The van der Waals surface area contributed by atoms with E-state index in [1.54, 1.807) is 0 Å². The summed E-state index contributed by atoms with van der Waals surface area (Å²) < 4.78 is 4.06. The number of carbonyl (C=O) groups excluding carboxylic acids is 2. The molecule has 0 aromatic carbocycles. The Balaban J connectivity index is 3.17. The van der Waals surface area contributed by atoms with Crippen molar-refractivity contribution in [3.05, 3.63) is 0 Å². The molecule has 37 valence electrons. The molecule has 3 nitrogen and oxygen atoms in total. The van der Waals surface area contributed by atoms with Gasteiger partial charge in [0, 0.05) is 0 Å². The molecule has 0 atom stereocenters. The van der Waals surface area contributed by atoms with Gasteiger partial charge in [0.25, 0.3) is 5.87 Å². The lowest BCUT2D eigenvalue weighted by atomic mass is 9.82. The molecule has 0 aliphatic rings. The molecular weight excluding hydrogens is 94.8 g/mol. The highest BCUT2D eigenvalue weighted by Gasteiger charge is 1.97. The van der Waals surface area contributed by atoms with Crippen LogP contribution in [0.4, 0.5) is 4.79 Å². The molecule has 0 bridgehead atoms. The van der Waals surface area contributed by atoms with Crippen molar-refractivity contribution in [3.63, 3.8) is 0 Å². The third-order valence-corrected chi connectivity index (χ3v) is 0.405. The fourth-order valence-electron chi connectivity index (χ4n) is 0.124. The molecule has 0 N–H and O–H groups in total. The Morgan fingerprint density at radius 2 is 2.43 bits per heavy atom. The van der Waals surface area contributed by atoms with Gasteiger partial charge in [0.05, 0.1) is 13.3 Å². The van der Waals surface area contributed by atoms with E-state index in [2.05, 4.69) is 4.74 Å². The molecule has 4 heteroatoms. The minimum absolute atomic E-state index is 0.381. The molecule has 0 aromatic rings. The summed E-state index contributed by atoms with van der Waals surface area (Å²) in [6.45, 7) is 0. The number of hydrogen-bond acceptors (Lipinski definition) is 3. The molecule has 0 saturated carbocycles. The molecule has 0 saturated heterocycles. The van der Waals surface area contributed by atoms with Gasteiger partial charge in [-0.05, 0) is 0 Å². The van der Waals surface area contributed by atoms with E-state index in [9.17, 15) is 9.59 Å². The van der Waals surface area contributed by atoms with Crippen LogP contribution in [-0.4, -0.2) is 26.4 Å². The maximum absolute atomic E-state index is 9.90. The van der Waals surface area contributed by atoms with Gasteiger partial charge in [-0.15, -0.1) is 0 Å². The van der Waals surface area contributed by atoms with Crippen molar-refractivity contribution < 1.29 is 14.3 Å². The van der Waals surface area contributed by atoms with Crippen molar-refractivity contribution in [2.45, 2.75) is 0 Å². The molecule has 0 amide bonds. The average Bonchev–Trinajstić information content (AvgIpc) is 1.68. The highest BCUT2D eigenvalue weighted by molar-refractivity contribution is 6.91. The van der Waals surface area contributed by atoms with Gasteiger partial charge < -0.3 is 9.53 Å². The second kappa shape index (κ2) is 3.40. The minimum Gasteiger partial charge on any atom is -0.477 e. The lowest BCUT2D eigenvalue weighted by Gasteiger charge is -1.85. The van der Waals surface area contributed by atoms with Gasteiger partial charge in [-0.25, -0.2) is 0 Å². The normalized spacial score (nSPS) is 7.00. The van der Waals surface area contributed by atoms with Crippen LogP contribution in [0.15, 0.2) is 0 Å². The van der Waals surface area contributed by atoms with Gasteiger partial charge in [0.15, 0.2) is 0 Å². The molecule has 0 aliphatic carbocycles. The van der Waals surface area contributed by atoms with E-state index in [1.807, 2.05) is 0 Å². The Labute approximate surface area is 41.9 Å². The lowest BCUT2D eigenvalue weighted by molar-refractivity contribution is 0.198. The quantitative estimate of drug-likeness (QED) is 0.351. The summed E-state index contributed by atoms with van der Waals surface area (Å²) in [4.78, 5) is 19.3. The van der Waals surface area contributed by atoms with E-state index < -0.39 is 5.87 Å². The van der Waals surface area contributed by atoms with Crippen LogP contribution in [0, 0.1) is 0 Å². The van der Waals surface area contributed by atoms with E-state index >= 15 is 0 Å². The van der Waals surface area contributed by atoms with Gasteiger partial charge in [-0.3, -0.25) is 4.79 Å². The van der Waals surface area contributed by atoms with Crippen LogP contribution in [0.5, 0.6) is 0 Å². The summed E-state index contributed by atoms with van der Waals surface area (Å²) in [5.74, 6) is -0.616. The molecule has 0 spiro atoms. The molecule has 0 heterocycles. The van der Waals surface area contributed by atoms with Crippen molar-refractivity contribution in [1.82, 2.24) is 0 Å². The molecule has 0 aliphatic heterocycles. The zero-order valence-electron chi connectivity index (χ0n) is 3.88. The smallest absolute Gasteiger partial charge is 0.343 e. The lowest BCUT2D eigenvalue weighted by Crippen LogP contribution is -2.09. The number of hydrogen-bond donors (Lipinski definition) is 0. The second-order valence-electron chi connectivity index (χ2n) is 0.826. The Morgan fingerprint density at radius 3 is 2.57 bits per heavy atom. The van der Waals surface area contributed by atoms with Crippen molar-refractivity contribution in [3.8, 4) is 0 Å². The van der Waals surface area contributed by atoms with E-state index in [-0.39, 0.29) is 0 Å². The maximum Gasteiger partial charge on any atom is 0.343 e. The Morgan fingerprint density at radius 1 is 1.86 bits per heavy atom. The van der Waals surface area contributed by atoms with Crippen LogP contribution in [0.1, 0.15) is 0 Å². The summed E-state index contributed by atoms with van der Waals surface area (Å²) in [6, 6.07) is 0. The van der Waals surface area contributed by atoms with E-state index in [0.29, 0.717) is 6.19 Å². The van der Waals surface area contributed by atoms with Crippen molar-refractivity contribution >= 4 is 19.3 Å². The average molecular weight is 98.9 g/mol. The molecule has 0 aromatic heterocycles. The summed E-state index contributed by atoms with van der Waals surface area (Å²) >= 11 is 0. The predicted molar refractivity (Wildman–Crippen MR) is 24.9 cm³/mol.